The molecular weight excluding hydrogens is 324 g/mol. The zero-order valence-corrected chi connectivity index (χ0v) is 12.8. The highest BCUT2D eigenvalue weighted by atomic mass is 79.9. The van der Waals surface area contributed by atoms with Crippen LogP contribution in [0.15, 0.2) is 15.9 Å². The molecule has 0 saturated carbocycles. The Morgan fingerprint density at radius 1 is 1.65 bits per heavy atom. The fourth-order valence-electron chi connectivity index (χ4n) is 1.95. The van der Waals surface area contributed by atoms with Gasteiger partial charge in [0.2, 0.25) is 0 Å². The van der Waals surface area contributed by atoms with Gasteiger partial charge in [-0.3, -0.25) is 4.79 Å². The van der Waals surface area contributed by atoms with Crippen molar-refractivity contribution in [3.8, 4) is 0 Å². The summed E-state index contributed by atoms with van der Waals surface area (Å²) in [6.45, 7) is 4.38. The van der Waals surface area contributed by atoms with E-state index in [0.29, 0.717) is 6.54 Å². The molecule has 1 amide bonds. The van der Waals surface area contributed by atoms with Crippen molar-refractivity contribution in [3.05, 3.63) is 20.8 Å². The van der Waals surface area contributed by atoms with Gasteiger partial charge in [0.25, 0.3) is 5.91 Å². The Morgan fingerprint density at radius 3 is 2.82 bits per heavy atom. The summed E-state index contributed by atoms with van der Waals surface area (Å²) in [6, 6.07) is 3.78. The van der Waals surface area contributed by atoms with Crippen LogP contribution in [0, 0.1) is 5.41 Å². The van der Waals surface area contributed by atoms with Gasteiger partial charge in [0, 0.05) is 13.1 Å². The Hall–Kier alpha value is -0.100. The van der Waals surface area contributed by atoms with Crippen molar-refractivity contribution in [2.75, 3.05) is 19.6 Å². The first-order valence-electron chi connectivity index (χ1n) is 5.29. The average molecular weight is 340 g/mol. The van der Waals surface area contributed by atoms with Crippen LogP contribution in [0.4, 0.5) is 0 Å². The predicted octanol–water partition coefficient (Wildman–Crippen LogP) is 2.74. The van der Waals surface area contributed by atoms with Crippen LogP contribution in [0.2, 0.25) is 0 Å². The van der Waals surface area contributed by atoms with Gasteiger partial charge in [0.1, 0.15) is 0 Å². The quantitative estimate of drug-likeness (QED) is 0.900. The maximum Gasteiger partial charge on any atom is 0.263 e. The van der Waals surface area contributed by atoms with Gasteiger partial charge in [-0.15, -0.1) is 23.7 Å². The van der Waals surface area contributed by atoms with Gasteiger partial charge in [-0.25, -0.2) is 0 Å². The van der Waals surface area contributed by atoms with E-state index < -0.39 is 0 Å². The van der Waals surface area contributed by atoms with Gasteiger partial charge in [0.15, 0.2) is 0 Å². The third-order valence-corrected chi connectivity index (χ3v) is 4.73. The molecule has 1 aliphatic rings. The summed E-state index contributed by atoms with van der Waals surface area (Å²) >= 11 is 4.86. The number of thiophene rings is 1. The van der Waals surface area contributed by atoms with Gasteiger partial charge in [-0.05, 0) is 46.4 Å². The number of carbonyl (C=O) groups excluding carboxylic acids is 1. The summed E-state index contributed by atoms with van der Waals surface area (Å²) in [7, 11) is 0. The van der Waals surface area contributed by atoms with Gasteiger partial charge >= 0.3 is 0 Å². The Balaban J connectivity index is 0.00000144. The first kappa shape index (κ1) is 15.0. The Kier molecular flexibility index (Phi) is 5.01. The lowest BCUT2D eigenvalue weighted by Crippen LogP contribution is -2.34. The summed E-state index contributed by atoms with van der Waals surface area (Å²) in [6.07, 6.45) is 1.00. The molecule has 1 fully saturated rings. The normalized spacial score (nSPS) is 23.6. The van der Waals surface area contributed by atoms with Crippen LogP contribution in [0.5, 0.6) is 0 Å². The molecule has 6 heteroatoms. The summed E-state index contributed by atoms with van der Waals surface area (Å²) in [4.78, 5) is 14.8. The number of hydrogen-bond donors (Lipinski definition) is 1. The molecule has 17 heavy (non-hydrogen) atoms. The predicted molar refractivity (Wildman–Crippen MR) is 76.9 cm³/mol. The number of nitrogens with two attached hydrogens (primary N) is 1. The van der Waals surface area contributed by atoms with Crippen LogP contribution in [0.1, 0.15) is 23.0 Å². The summed E-state index contributed by atoms with van der Waals surface area (Å²) < 4.78 is 0.997. The van der Waals surface area contributed by atoms with Crippen molar-refractivity contribution in [2.24, 2.45) is 11.1 Å². The third-order valence-electron chi connectivity index (χ3n) is 3.12. The molecule has 0 bridgehead atoms. The number of carbonyl (C=O) groups is 1. The van der Waals surface area contributed by atoms with Crippen LogP contribution < -0.4 is 5.73 Å². The molecular formula is C11H16BrClN2OS. The molecule has 0 spiro atoms. The molecule has 1 saturated heterocycles. The van der Waals surface area contributed by atoms with Gasteiger partial charge in [-0.1, -0.05) is 6.92 Å². The van der Waals surface area contributed by atoms with E-state index in [4.69, 9.17) is 5.73 Å². The first-order valence-corrected chi connectivity index (χ1v) is 6.90. The molecule has 1 unspecified atom stereocenters. The minimum absolute atomic E-state index is 0. The molecule has 1 atom stereocenters. The van der Waals surface area contributed by atoms with Crippen molar-refractivity contribution >= 4 is 45.6 Å². The smallest absolute Gasteiger partial charge is 0.263 e. The number of halogens is 2. The number of rotatable bonds is 2. The van der Waals surface area contributed by atoms with E-state index in [9.17, 15) is 4.79 Å². The van der Waals surface area contributed by atoms with Crippen molar-refractivity contribution in [1.29, 1.82) is 0 Å². The monoisotopic (exact) mass is 338 g/mol. The molecule has 0 aromatic carbocycles. The lowest BCUT2D eigenvalue weighted by molar-refractivity contribution is 0.0781. The van der Waals surface area contributed by atoms with Gasteiger partial charge < -0.3 is 10.6 Å². The highest BCUT2D eigenvalue weighted by molar-refractivity contribution is 9.11. The van der Waals surface area contributed by atoms with Crippen LogP contribution in [-0.2, 0) is 0 Å². The average Bonchev–Trinajstić information content (AvgIpc) is 2.85. The minimum Gasteiger partial charge on any atom is -0.337 e. The Morgan fingerprint density at radius 2 is 2.35 bits per heavy atom. The van der Waals surface area contributed by atoms with E-state index in [1.54, 1.807) is 0 Å². The zero-order chi connectivity index (χ0) is 11.8. The van der Waals surface area contributed by atoms with Crippen LogP contribution >= 0.6 is 39.7 Å². The number of nitrogens with zero attached hydrogens (tertiary/aromatic N) is 1. The standard InChI is InChI=1S/C11H15BrN2OS.ClH/c1-11(6-13)4-5-14(7-11)10(15)8-2-3-9(12)16-8;/h2-3H,4-7,13H2,1H3;1H. The lowest BCUT2D eigenvalue weighted by atomic mass is 9.90. The Bertz CT molecular complexity index is 412. The largest absolute Gasteiger partial charge is 0.337 e. The highest BCUT2D eigenvalue weighted by Crippen LogP contribution is 2.31. The maximum absolute atomic E-state index is 12.1. The topological polar surface area (TPSA) is 46.3 Å². The molecule has 2 rings (SSSR count). The summed E-state index contributed by atoms with van der Waals surface area (Å²) in [5.41, 5.74) is 5.83. The van der Waals surface area contributed by atoms with Crippen LogP contribution in [0.3, 0.4) is 0 Å². The fourth-order valence-corrected chi connectivity index (χ4v) is 3.30. The van der Waals surface area contributed by atoms with Crippen LogP contribution in [0.25, 0.3) is 0 Å². The molecule has 2 heterocycles. The molecule has 0 aliphatic carbocycles. The summed E-state index contributed by atoms with van der Waals surface area (Å²) in [5, 5.41) is 0. The second-order valence-electron chi connectivity index (χ2n) is 4.60. The van der Waals surface area contributed by atoms with Crippen molar-refractivity contribution in [3.63, 3.8) is 0 Å². The second kappa shape index (κ2) is 5.69. The van der Waals surface area contributed by atoms with E-state index >= 15 is 0 Å². The molecule has 2 N–H and O–H groups in total. The van der Waals surface area contributed by atoms with Crippen molar-refractivity contribution in [2.45, 2.75) is 13.3 Å². The second-order valence-corrected chi connectivity index (χ2v) is 7.06. The number of likely N-dealkylation sites (tertiary alicyclic amines) is 1. The molecule has 1 aromatic rings. The minimum atomic E-state index is 0. The molecule has 96 valence electrons. The van der Waals surface area contributed by atoms with E-state index in [0.717, 1.165) is 28.2 Å². The van der Waals surface area contributed by atoms with Gasteiger partial charge in [-0.2, -0.15) is 0 Å². The van der Waals surface area contributed by atoms with Crippen molar-refractivity contribution in [1.82, 2.24) is 4.90 Å². The van der Waals surface area contributed by atoms with Crippen molar-refractivity contribution < 1.29 is 4.79 Å². The fraction of sp³-hybridized carbons (Fsp3) is 0.545. The Labute approximate surface area is 120 Å². The molecule has 3 nitrogen and oxygen atoms in total. The maximum atomic E-state index is 12.1. The SMILES string of the molecule is CC1(CN)CCN(C(=O)c2ccc(Br)s2)C1.Cl. The van der Waals surface area contributed by atoms with E-state index in [2.05, 4.69) is 22.9 Å². The van der Waals surface area contributed by atoms with E-state index in [1.165, 1.54) is 11.3 Å². The highest BCUT2D eigenvalue weighted by Gasteiger charge is 2.35. The molecule has 0 radical (unpaired) electrons. The van der Waals surface area contributed by atoms with Gasteiger partial charge in [0.05, 0.1) is 8.66 Å². The molecule has 1 aromatic heterocycles. The van der Waals surface area contributed by atoms with Crippen LogP contribution in [-0.4, -0.2) is 30.4 Å². The number of amides is 1. The molecule has 1 aliphatic heterocycles. The lowest BCUT2D eigenvalue weighted by Gasteiger charge is -2.22. The zero-order valence-electron chi connectivity index (χ0n) is 9.61. The summed E-state index contributed by atoms with van der Waals surface area (Å²) in [5.74, 6) is 0.132. The van der Waals surface area contributed by atoms with E-state index in [-0.39, 0.29) is 23.7 Å². The first-order chi connectivity index (χ1) is 7.54. The van der Waals surface area contributed by atoms with E-state index in [1.807, 2.05) is 17.0 Å². The number of hydrogen-bond acceptors (Lipinski definition) is 3. The third kappa shape index (κ3) is 3.22.